The largest absolute Gasteiger partial charge is 0.380 e. The number of nitrogens with one attached hydrogen (secondary N) is 1. The van der Waals surface area contributed by atoms with E-state index >= 15 is 0 Å². The Morgan fingerprint density at radius 3 is 3.12 bits per heavy atom. The molecule has 2 aliphatic rings. The van der Waals surface area contributed by atoms with Crippen LogP contribution in [0, 0.1) is 0 Å². The van der Waals surface area contributed by atoms with Crippen LogP contribution in [0.4, 0.5) is 0 Å². The molecule has 0 aliphatic carbocycles. The molecule has 2 rings (SSSR count). The molecule has 2 unspecified atom stereocenters. The van der Waals surface area contributed by atoms with Crippen LogP contribution in [0.25, 0.3) is 0 Å². The lowest BCUT2D eigenvalue weighted by Crippen LogP contribution is -2.40. The molecule has 1 N–H and O–H groups in total. The molecule has 3 heteroatoms. The van der Waals surface area contributed by atoms with E-state index in [1.165, 1.54) is 32.4 Å². The Morgan fingerprint density at radius 2 is 2.25 bits per heavy atom. The van der Waals surface area contributed by atoms with Gasteiger partial charge < -0.3 is 10.1 Å². The summed E-state index contributed by atoms with van der Waals surface area (Å²) in [5.41, 5.74) is 0. The lowest BCUT2D eigenvalue weighted by molar-refractivity contribution is 0.137. The van der Waals surface area contributed by atoms with E-state index in [0.29, 0.717) is 6.04 Å². The van der Waals surface area contributed by atoms with Crippen molar-refractivity contribution in [3.05, 3.63) is 12.7 Å². The second-order valence-electron chi connectivity index (χ2n) is 4.78. The Kier molecular flexibility index (Phi) is 4.82. The van der Waals surface area contributed by atoms with E-state index in [-0.39, 0.29) is 0 Å². The highest BCUT2D eigenvalue weighted by Crippen LogP contribution is 2.27. The van der Waals surface area contributed by atoms with Crippen LogP contribution in [0.2, 0.25) is 0 Å². The Labute approximate surface area is 98.8 Å². The van der Waals surface area contributed by atoms with Crippen molar-refractivity contribution in [1.82, 2.24) is 10.2 Å². The zero-order valence-electron chi connectivity index (χ0n) is 10.2. The molecule has 0 aromatic rings. The monoisotopic (exact) mass is 224 g/mol. The molecule has 2 fully saturated rings. The van der Waals surface area contributed by atoms with Crippen molar-refractivity contribution in [2.75, 3.05) is 32.8 Å². The summed E-state index contributed by atoms with van der Waals surface area (Å²) in [6.07, 6.45) is 6.95. The predicted molar refractivity (Wildman–Crippen MR) is 66.6 cm³/mol. The summed E-state index contributed by atoms with van der Waals surface area (Å²) in [7, 11) is 0. The Bertz CT molecular complexity index is 220. The second kappa shape index (κ2) is 6.38. The van der Waals surface area contributed by atoms with Crippen LogP contribution in [0.5, 0.6) is 0 Å². The summed E-state index contributed by atoms with van der Waals surface area (Å²) in [6.45, 7) is 8.92. The van der Waals surface area contributed by atoms with Gasteiger partial charge in [0, 0.05) is 25.2 Å². The minimum atomic E-state index is 0.713. The van der Waals surface area contributed by atoms with E-state index in [1.807, 2.05) is 6.08 Å². The molecule has 2 saturated heterocycles. The first-order valence-corrected chi connectivity index (χ1v) is 6.58. The number of hydrogen-bond acceptors (Lipinski definition) is 3. The molecule has 0 aromatic carbocycles. The first kappa shape index (κ1) is 12.1. The normalized spacial score (nSPS) is 29.5. The highest BCUT2D eigenvalue weighted by molar-refractivity contribution is 4.95. The first-order chi connectivity index (χ1) is 7.92. The van der Waals surface area contributed by atoms with Crippen LogP contribution in [-0.4, -0.2) is 49.8 Å². The summed E-state index contributed by atoms with van der Waals surface area (Å²) in [6, 6.07) is 1.53. The highest BCUT2D eigenvalue weighted by Gasteiger charge is 2.36. The first-order valence-electron chi connectivity index (χ1n) is 6.58. The zero-order chi connectivity index (χ0) is 11.2. The van der Waals surface area contributed by atoms with Crippen molar-refractivity contribution in [2.24, 2.45) is 0 Å². The van der Waals surface area contributed by atoms with Crippen LogP contribution < -0.4 is 5.32 Å². The second-order valence-corrected chi connectivity index (χ2v) is 4.78. The number of hydrogen-bond donors (Lipinski definition) is 1. The third-order valence-electron chi connectivity index (χ3n) is 3.73. The third-order valence-corrected chi connectivity index (χ3v) is 3.73. The summed E-state index contributed by atoms with van der Waals surface area (Å²) < 4.78 is 5.50. The smallest absolute Gasteiger partial charge is 0.0591 e. The van der Waals surface area contributed by atoms with Gasteiger partial charge in [-0.05, 0) is 32.2 Å². The van der Waals surface area contributed by atoms with Crippen molar-refractivity contribution < 1.29 is 4.74 Å². The molecule has 0 spiro atoms. The molecule has 92 valence electrons. The summed E-state index contributed by atoms with van der Waals surface area (Å²) in [5.74, 6) is 0. The Morgan fingerprint density at radius 1 is 1.31 bits per heavy atom. The van der Waals surface area contributed by atoms with Crippen molar-refractivity contribution in [3.63, 3.8) is 0 Å². The van der Waals surface area contributed by atoms with Gasteiger partial charge in [-0.15, -0.1) is 6.58 Å². The summed E-state index contributed by atoms with van der Waals surface area (Å²) >= 11 is 0. The molecule has 2 atom stereocenters. The third kappa shape index (κ3) is 3.06. The van der Waals surface area contributed by atoms with Gasteiger partial charge in [0.2, 0.25) is 0 Å². The van der Waals surface area contributed by atoms with Gasteiger partial charge in [0.05, 0.1) is 13.2 Å². The fraction of sp³-hybridized carbons (Fsp3) is 0.846. The van der Waals surface area contributed by atoms with Crippen LogP contribution in [0.1, 0.15) is 25.7 Å². The fourth-order valence-electron chi connectivity index (χ4n) is 2.91. The standard InChI is InChI=1S/C13H24N2O/c1-2-3-10-16-11-7-14-12-6-9-15-8-4-5-13(12)15/h2,12-14H,1,3-11H2. The number of fused-ring (bicyclic) bond motifs is 1. The SMILES string of the molecule is C=CCCOCCNC1CCN2CCCC12. The molecule has 3 nitrogen and oxygen atoms in total. The van der Waals surface area contributed by atoms with Gasteiger partial charge in [0.1, 0.15) is 0 Å². The maximum Gasteiger partial charge on any atom is 0.0591 e. The molecular weight excluding hydrogens is 200 g/mol. The minimum absolute atomic E-state index is 0.713. The summed E-state index contributed by atoms with van der Waals surface area (Å²) in [5, 5.41) is 3.64. The Hall–Kier alpha value is -0.380. The lowest BCUT2D eigenvalue weighted by atomic mass is 10.1. The number of ether oxygens (including phenoxy) is 1. The van der Waals surface area contributed by atoms with Gasteiger partial charge in [0.25, 0.3) is 0 Å². The van der Waals surface area contributed by atoms with E-state index in [0.717, 1.165) is 32.2 Å². The van der Waals surface area contributed by atoms with E-state index in [1.54, 1.807) is 0 Å². The molecule has 2 heterocycles. The number of rotatable bonds is 7. The molecule has 2 aliphatic heterocycles. The maximum atomic E-state index is 5.50. The summed E-state index contributed by atoms with van der Waals surface area (Å²) in [4.78, 5) is 2.64. The fourth-order valence-corrected chi connectivity index (χ4v) is 2.91. The average Bonchev–Trinajstić information content (AvgIpc) is 2.87. The molecular formula is C13H24N2O. The molecule has 0 saturated carbocycles. The van der Waals surface area contributed by atoms with E-state index in [2.05, 4.69) is 16.8 Å². The predicted octanol–water partition coefficient (Wildman–Crippen LogP) is 1.41. The van der Waals surface area contributed by atoms with Crippen LogP contribution >= 0.6 is 0 Å². The minimum Gasteiger partial charge on any atom is -0.380 e. The van der Waals surface area contributed by atoms with Gasteiger partial charge in [-0.3, -0.25) is 4.90 Å². The van der Waals surface area contributed by atoms with E-state index in [4.69, 9.17) is 4.74 Å². The molecule has 0 bridgehead atoms. The van der Waals surface area contributed by atoms with E-state index in [9.17, 15) is 0 Å². The Balaban J connectivity index is 1.54. The lowest BCUT2D eigenvalue weighted by Gasteiger charge is -2.21. The van der Waals surface area contributed by atoms with Crippen LogP contribution in [-0.2, 0) is 4.74 Å². The topological polar surface area (TPSA) is 24.5 Å². The maximum absolute atomic E-state index is 5.50. The quantitative estimate of drug-likeness (QED) is 0.523. The molecule has 0 amide bonds. The van der Waals surface area contributed by atoms with Crippen molar-refractivity contribution in [3.8, 4) is 0 Å². The van der Waals surface area contributed by atoms with Crippen molar-refractivity contribution in [1.29, 1.82) is 0 Å². The number of nitrogens with zero attached hydrogens (tertiary/aromatic N) is 1. The average molecular weight is 224 g/mol. The molecule has 0 radical (unpaired) electrons. The van der Waals surface area contributed by atoms with Crippen LogP contribution in [0.15, 0.2) is 12.7 Å². The van der Waals surface area contributed by atoms with E-state index < -0.39 is 0 Å². The van der Waals surface area contributed by atoms with Crippen molar-refractivity contribution in [2.45, 2.75) is 37.8 Å². The van der Waals surface area contributed by atoms with Gasteiger partial charge >= 0.3 is 0 Å². The molecule has 16 heavy (non-hydrogen) atoms. The van der Waals surface area contributed by atoms with Crippen LogP contribution in [0.3, 0.4) is 0 Å². The van der Waals surface area contributed by atoms with Gasteiger partial charge in [-0.2, -0.15) is 0 Å². The highest BCUT2D eigenvalue weighted by atomic mass is 16.5. The van der Waals surface area contributed by atoms with Gasteiger partial charge in [-0.1, -0.05) is 6.08 Å². The zero-order valence-corrected chi connectivity index (χ0v) is 10.2. The molecule has 0 aromatic heterocycles. The van der Waals surface area contributed by atoms with Crippen molar-refractivity contribution >= 4 is 0 Å². The van der Waals surface area contributed by atoms with Gasteiger partial charge in [0.15, 0.2) is 0 Å². The van der Waals surface area contributed by atoms with Gasteiger partial charge in [-0.25, -0.2) is 0 Å².